The molecule has 20 heavy (non-hydrogen) atoms. The monoisotopic (exact) mass is 386 g/mol. The van der Waals surface area contributed by atoms with Crippen molar-refractivity contribution >= 4 is 0 Å². The molecule has 0 aromatic heterocycles. The van der Waals surface area contributed by atoms with Gasteiger partial charge in [-0.25, -0.2) is 0 Å². The molecule has 0 amide bonds. The van der Waals surface area contributed by atoms with Crippen molar-refractivity contribution in [1.29, 1.82) is 0 Å². The summed E-state index contributed by atoms with van der Waals surface area (Å²) >= 11 is 0. The van der Waals surface area contributed by atoms with Crippen LogP contribution >= 0.6 is 0 Å². The first-order valence-electron chi connectivity index (χ1n) is 7.08. The first-order valence-corrected chi connectivity index (χ1v) is 7.08. The van der Waals surface area contributed by atoms with Crippen LogP contribution in [0.1, 0.15) is 51.4 Å². The molecule has 0 aromatic rings. The second-order valence-electron chi connectivity index (χ2n) is 5.82. The fraction of sp³-hybridized carbons (Fsp3) is 0.706. The van der Waals surface area contributed by atoms with Gasteiger partial charge in [-0.1, -0.05) is 12.2 Å². The van der Waals surface area contributed by atoms with Gasteiger partial charge in [-0.05, 0) is 75.0 Å². The fourth-order valence-electron chi connectivity index (χ4n) is 3.70. The van der Waals surface area contributed by atoms with Crippen molar-refractivity contribution in [2.24, 2.45) is 23.7 Å². The Morgan fingerprint density at radius 3 is 1.00 bits per heavy atom. The summed E-state index contributed by atoms with van der Waals surface area (Å²) in [6, 6.07) is 0. The van der Waals surface area contributed by atoms with Gasteiger partial charge in [0.15, 0.2) is 0 Å². The van der Waals surface area contributed by atoms with Gasteiger partial charge in [-0.15, -0.1) is 13.2 Å². The van der Waals surface area contributed by atoms with Crippen molar-refractivity contribution in [2.75, 3.05) is 0 Å². The van der Waals surface area contributed by atoms with Crippen LogP contribution in [-0.4, -0.2) is 0 Å². The molecule has 3 radical (unpaired) electrons. The minimum Gasteiger partial charge on any atom is -0.358 e. The van der Waals surface area contributed by atoms with Gasteiger partial charge in [0.1, 0.15) is 0 Å². The van der Waals surface area contributed by atoms with Crippen molar-refractivity contribution in [3.8, 4) is 0 Å². The van der Waals surface area contributed by atoms with Crippen LogP contribution in [0.5, 0.6) is 0 Å². The maximum Gasteiger partial charge on any atom is 0 e. The predicted molar refractivity (Wildman–Crippen MR) is 77.7 cm³/mol. The number of allylic oxidation sites excluding steroid dienone is 2. The third-order valence-corrected chi connectivity index (χ3v) is 4.97. The Hall–Kier alpha value is 1.23. The van der Waals surface area contributed by atoms with Crippen molar-refractivity contribution in [3.63, 3.8) is 0 Å². The maximum absolute atomic E-state index is 3.93. The summed E-state index contributed by atoms with van der Waals surface area (Å²) in [7, 11) is 0. The van der Waals surface area contributed by atoms with Crippen LogP contribution < -0.4 is 0 Å². The normalized spacial score (nSPS) is 32.2. The van der Waals surface area contributed by atoms with Crippen molar-refractivity contribution in [3.05, 3.63) is 32.7 Å². The van der Waals surface area contributed by atoms with E-state index < -0.39 is 0 Å². The van der Waals surface area contributed by atoms with Crippen LogP contribution in [0.25, 0.3) is 0 Å². The second-order valence-corrected chi connectivity index (χ2v) is 5.82. The molecule has 0 spiro atoms. The first-order chi connectivity index (χ1) is 7.83. The zero-order valence-corrected chi connectivity index (χ0v) is 17.1. The summed E-state index contributed by atoms with van der Waals surface area (Å²) in [6.07, 6.45) is 15.8. The Bertz CT molecular complexity index is 211. The molecule has 113 valence electrons. The molecule has 0 bridgehead atoms. The third kappa shape index (κ3) is 7.48. The first kappa shape index (κ1) is 26.1. The third-order valence-electron chi connectivity index (χ3n) is 4.97. The fourth-order valence-corrected chi connectivity index (χ4v) is 3.70. The molecule has 2 aliphatic rings. The van der Waals surface area contributed by atoms with E-state index in [0.717, 1.165) is 23.7 Å². The van der Waals surface area contributed by atoms with E-state index in [-0.39, 0.29) is 63.1 Å². The number of hydrogen-bond donors (Lipinski definition) is 0. The van der Waals surface area contributed by atoms with Crippen LogP contribution in [0.3, 0.4) is 0 Å². The summed E-state index contributed by atoms with van der Waals surface area (Å²) in [5.74, 6) is 3.70. The minimum atomic E-state index is 0. The Labute approximate surface area is 162 Å². The predicted octanol–water partition coefficient (Wildman–Crippen LogP) is 5.41. The molecule has 0 heterocycles. The topological polar surface area (TPSA) is 0 Å². The van der Waals surface area contributed by atoms with Gasteiger partial charge in [-0.3, -0.25) is 0 Å². The molecular weight excluding hydrogens is 357 g/mol. The minimum absolute atomic E-state index is 0. The smallest absolute Gasteiger partial charge is 0 e. The van der Waals surface area contributed by atoms with Crippen molar-refractivity contribution < 1.29 is 55.7 Å². The molecule has 2 aliphatic carbocycles. The molecule has 0 N–H and O–H groups in total. The molecule has 0 atom stereocenters. The van der Waals surface area contributed by atoms with Gasteiger partial charge in [0.05, 0.1) is 0 Å². The van der Waals surface area contributed by atoms with Crippen molar-refractivity contribution in [1.82, 2.24) is 0 Å². The van der Waals surface area contributed by atoms with E-state index in [1.54, 1.807) is 0 Å². The summed E-state index contributed by atoms with van der Waals surface area (Å²) in [6.45, 7) is 7.86. The number of hydrogen-bond acceptors (Lipinski definition) is 0. The molecule has 0 aromatic carbocycles. The Morgan fingerprint density at radius 1 is 0.550 bits per heavy atom. The Morgan fingerprint density at radius 2 is 0.800 bits per heavy atom. The molecule has 2 saturated carbocycles. The van der Waals surface area contributed by atoms with E-state index in [2.05, 4.69) is 25.3 Å². The van der Waals surface area contributed by atoms with Gasteiger partial charge < -0.3 is 7.43 Å². The summed E-state index contributed by atoms with van der Waals surface area (Å²) < 4.78 is 0. The Balaban J connectivity index is -0.000000722. The van der Waals surface area contributed by atoms with Gasteiger partial charge in [0.2, 0.25) is 0 Å². The van der Waals surface area contributed by atoms with E-state index in [0.29, 0.717) is 0 Å². The SMILES string of the molecule is C=CC1CCC(C2CCC(C=C)CC2)CC1.[CH3-].[V].[V].[V]. The standard InChI is InChI=1S/C16H26.CH3.3V/c1-3-13-5-9-15(10-6-13)16-11-7-14(4-2)8-12-16;;;;/h3-4,13-16H,1-2,5-12H2;1H3;;;/q;-1;;;. The molecule has 0 aliphatic heterocycles. The van der Waals surface area contributed by atoms with Crippen LogP contribution in [0.2, 0.25) is 0 Å². The molecule has 0 nitrogen and oxygen atoms in total. The van der Waals surface area contributed by atoms with Crippen molar-refractivity contribution in [2.45, 2.75) is 51.4 Å². The van der Waals surface area contributed by atoms with Gasteiger partial charge in [0.25, 0.3) is 0 Å². The van der Waals surface area contributed by atoms with Gasteiger partial charge in [-0.2, -0.15) is 0 Å². The van der Waals surface area contributed by atoms with E-state index >= 15 is 0 Å². The summed E-state index contributed by atoms with van der Waals surface area (Å²) in [4.78, 5) is 0. The van der Waals surface area contributed by atoms with Crippen LogP contribution in [0.15, 0.2) is 25.3 Å². The zero-order chi connectivity index (χ0) is 11.4. The van der Waals surface area contributed by atoms with Gasteiger partial charge >= 0.3 is 0 Å². The molecule has 3 heteroatoms. The van der Waals surface area contributed by atoms with E-state index in [1.807, 2.05) is 0 Å². The second kappa shape index (κ2) is 13.9. The largest absolute Gasteiger partial charge is 0.358 e. The molecule has 0 saturated heterocycles. The zero-order valence-electron chi connectivity index (χ0n) is 12.9. The van der Waals surface area contributed by atoms with Crippen LogP contribution in [0.4, 0.5) is 0 Å². The molecular formula is C17H29V3-. The van der Waals surface area contributed by atoms with E-state index in [1.165, 1.54) is 51.4 Å². The average molecular weight is 386 g/mol. The quantitative estimate of drug-likeness (QED) is 0.449. The molecule has 0 unspecified atom stereocenters. The molecule has 2 fully saturated rings. The average Bonchev–Trinajstić information content (AvgIpc) is 2.39. The molecule has 2 rings (SSSR count). The summed E-state index contributed by atoms with van der Waals surface area (Å²) in [5.41, 5.74) is 0. The van der Waals surface area contributed by atoms with Gasteiger partial charge in [0, 0.05) is 55.7 Å². The number of rotatable bonds is 3. The van der Waals surface area contributed by atoms with Crippen LogP contribution in [0, 0.1) is 31.1 Å². The van der Waals surface area contributed by atoms with E-state index in [4.69, 9.17) is 0 Å². The summed E-state index contributed by atoms with van der Waals surface area (Å²) in [5, 5.41) is 0. The maximum atomic E-state index is 3.93. The Kier molecular flexibility index (Phi) is 18.1. The van der Waals surface area contributed by atoms with E-state index in [9.17, 15) is 0 Å². The van der Waals surface area contributed by atoms with Crippen LogP contribution in [-0.2, 0) is 55.7 Å².